The average molecular weight is 182 g/mol. The number of hydrogen-bond donors (Lipinski definition) is 0. The van der Waals surface area contributed by atoms with Crippen LogP contribution in [0.15, 0.2) is 0 Å². The van der Waals surface area contributed by atoms with Gasteiger partial charge >= 0.3 is 0 Å². The van der Waals surface area contributed by atoms with Crippen molar-refractivity contribution in [3.63, 3.8) is 0 Å². The Kier molecular flexibility index (Phi) is 2.61. The Labute approximate surface area is 80.6 Å². The fourth-order valence-corrected chi connectivity index (χ4v) is 2.19. The van der Waals surface area contributed by atoms with Crippen LogP contribution in [0, 0.1) is 12.8 Å². The summed E-state index contributed by atoms with van der Waals surface area (Å²) in [5.41, 5.74) is 0. The maximum absolute atomic E-state index is 5.90. The fraction of sp³-hybridized carbons (Fsp3) is 0.909. The van der Waals surface area contributed by atoms with E-state index >= 15 is 0 Å². The van der Waals surface area contributed by atoms with E-state index in [-0.39, 0.29) is 17.8 Å². The summed E-state index contributed by atoms with van der Waals surface area (Å²) in [4.78, 5) is 0. The van der Waals surface area contributed by atoms with Crippen LogP contribution in [0.25, 0.3) is 0 Å². The van der Waals surface area contributed by atoms with Gasteiger partial charge in [0.25, 0.3) is 0 Å². The molecule has 2 nitrogen and oxygen atoms in total. The highest BCUT2D eigenvalue weighted by Gasteiger charge is 2.42. The van der Waals surface area contributed by atoms with E-state index < -0.39 is 0 Å². The molecule has 1 heterocycles. The van der Waals surface area contributed by atoms with Gasteiger partial charge in [0.05, 0.1) is 12.7 Å². The van der Waals surface area contributed by atoms with Crippen molar-refractivity contribution in [3.05, 3.63) is 6.92 Å². The molecule has 0 bridgehead atoms. The van der Waals surface area contributed by atoms with Crippen molar-refractivity contribution >= 4 is 0 Å². The molecule has 1 spiro atoms. The minimum Gasteiger partial charge on any atom is -0.347 e. The molecule has 2 atom stereocenters. The Hall–Kier alpha value is -0.0800. The summed E-state index contributed by atoms with van der Waals surface area (Å²) in [5.74, 6) is -0.169. The van der Waals surface area contributed by atoms with Crippen molar-refractivity contribution < 1.29 is 9.47 Å². The third-order valence-electron chi connectivity index (χ3n) is 3.08. The van der Waals surface area contributed by atoms with E-state index in [1.165, 1.54) is 19.3 Å². The first-order valence-corrected chi connectivity index (χ1v) is 5.29. The molecule has 2 aliphatic rings. The molecule has 1 aliphatic heterocycles. The Bertz CT molecular complexity index is 171. The molecule has 1 aliphatic carbocycles. The lowest BCUT2D eigenvalue weighted by atomic mass is 9.94. The van der Waals surface area contributed by atoms with E-state index in [9.17, 15) is 0 Å². The molecule has 2 rings (SSSR count). The van der Waals surface area contributed by atoms with E-state index in [0.29, 0.717) is 6.61 Å². The Morgan fingerprint density at radius 3 is 2.54 bits per heavy atom. The van der Waals surface area contributed by atoms with E-state index in [0.717, 1.165) is 12.8 Å². The van der Waals surface area contributed by atoms with E-state index in [1.807, 2.05) is 6.92 Å². The summed E-state index contributed by atoms with van der Waals surface area (Å²) in [6, 6.07) is 0. The lowest BCUT2D eigenvalue weighted by Crippen LogP contribution is -2.34. The van der Waals surface area contributed by atoms with Crippen molar-refractivity contribution in [3.8, 4) is 0 Å². The van der Waals surface area contributed by atoms with Gasteiger partial charge in [-0.05, 0) is 25.7 Å². The highest BCUT2D eigenvalue weighted by atomic mass is 16.7. The largest absolute Gasteiger partial charge is 0.347 e. The predicted octanol–water partition coefficient (Wildman–Crippen LogP) is 2.41. The van der Waals surface area contributed by atoms with Gasteiger partial charge in [-0.1, -0.05) is 13.3 Å². The van der Waals surface area contributed by atoms with E-state index in [4.69, 9.17) is 16.4 Å². The maximum Gasteiger partial charge on any atom is 0.168 e. The first kappa shape index (κ1) is 9.47. The number of rotatable bonds is 1. The molecule has 1 saturated heterocycles. The van der Waals surface area contributed by atoms with Crippen LogP contribution >= 0.6 is 0 Å². The molecule has 74 valence electrons. The molecule has 2 unspecified atom stereocenters. The van der Waals surface area contributed by atoms with Crippen LogP contribution in [0.1, 0.15) is 39.0 Å². The normalized spacial score (nSPS) is 33.0. The summed E-state index contributed by atoms with van der Waals surface area (Å²) in [6.07, 6.45) is 5.99. The van der Waals surface area contributed by atoms with Crippen LogP contribution in [0.5, 0.6) is 0 Å². The highest BCUT2D eigenvalue weighted by Crippen LogP contribution is 2.39. The van der Waals surface area contributed by atoms with Gasteiger partial charge in [0.2, 0.25) is 0 Å². The monoisotopic (exact) mass is 182 g/mol. The standard InChI is InChI=1S/C11H18O2/c1-9(2)10-8-12-11(13-10)6-4-3-5-7-11/h1,9-10H,3-8H2,2H3. The lowest BCUT2D eigenvalue weighted by molar-refractivity contribution is -0.189. The minimum absolute atomic E-state index is 0.0845. The first-order chi connectivity index (χ1) is 6.22. The zero-order valence-corrected chi connectivity index (χ0v) is 8.29. The van der Waals surface area contributed by atoms with Crippen LogP contribution in [0.4, 0.5) is 0 Å². The number of hydrogen-bond acceptors (Lipinski definition) is 2. The zero-order chi connectivity index (χ0) is 9.31. The van der Waals surface area contributed by atoms with Crippen LogP contribution < -0.4 is 0 Å². The van der Waals surface area contributed by atoms with Crippen LogP contribution in [-0.4, -0.2) is 18.5 Å². The quantitative estimate of drug-likeness (QED) is 0.620. The predicted molar refractivity (Wildman–Crippen MR) is 50.1 cm³/mol. The summed E-state index contributed by atoms with van der Waals surface area (Å²) in [6.45, 7) is 8.44. The summed E-state index contributed by atoms with van der Waals surface area (Å²) < 4.78 is 11.7. The molecule has 0 aromatic rings. The van der Waals surface area contributed by atoms with Gasteiger partial charge in [0.1, 0.15) is 0 Å². The Balaban J connectivity index is 1.94. The van der Waals surface area contributed by atoms with Gasteiger partial charge in [0, 0.05) is 12.8 Å². The van der Waals surface area contributed by atoms with Crippen LogP contribution in [0.2, 0.25) is 0 Å². The second-order valence-corrected chi connectivity index (χ2v) is 4.30. The smallest absolute Gasteiger partial charge is 0.168 e. The average Bonchev–Trinajstić information content (AvgIpc) is 2.51. The molecule has 2 radical (unpaired) electrons. The fourth-order valence-electron chi connectivity index (χ4n) is 2.19. The minimum atomic E-state index is -0.253. The van der Waals surface area contributed by atoms with E-state index in [2.05, 4.69) is 0 Å². The lowest BCUT2D eigenvalue weighted by Gasteiger charge is -2.32. The second kappa shape index (κ2) is 3.58. The molecule has 13 heavy (non-hydrogen) atoms. The van der Waals surface area contributed by atoms with Crippen LogP contribution in [0.3, 0.4) is 0 Å². The van der Waals surface area contributed by atoms with Crippen molar-refractivity contribution in [2.45, 2.75) is 50.9 Å². The number of ether oxygens (including phenoxy) is 2. The molecule has 2 heteroatoms. The van der Waals surface area contributed by atoms with Gasteiger partial charge in [-0.25, -0.2) is 0 Å². The van der Waals surface area contributed by atoms with Gasteiger partial charge in [-0.3, -0.25) is 0 Å². The van der Waals surface area contributed by atoms with Crippen molar-refractivity contribution in [1.82, 2.24) is 0 Å². The van der Waals surface area contributed by atoms with Crippen molar-refractivity contribution in [2.75, 3.05) is 6.61 Å². The van der Waals surface area contributed by atoms with Crippen LogP contribution in [-0.2, 0) is 9.47 Å². The third kappa shape index (κ3) is 1.89. The first-order valence-electron chi connectivity index (χ1n) is 5.29. The zero-order valence-electron chi connectivity index (χ0n) is 8.29. The SMILES string of the molecule is [CH]C(C)C1COC2(CCCCC2)O1. The second-order valence-electron chi connectivity index (χ2n) is 4.30. The highest BCUT2D eigenvalue weighted by molar-refractivity contribution is 4.84. The summed E-state index contributed by atoms with van der Waals surface area (Å²) in [5, 5.41) is 0. The van der Waals surface area contributed by atoms with Gasteiger partial charge < -0.3 is 9.47 Å². The summed E-state index contributed by atoms with van der Waals surface area (Å²) in [7, 11) is 0. The molecule has 0 amide bonds. The molecule has 0 N–H and O–H groups in total. The van der Waals surface area contributed by atoms with Crippen molar-refractivity contribution in [2.24, 2.45) is 5.92 Å². The molecule has 0 aromatic heterocycles. The Morgan fingerprint density at radius 1 is 1.31 bits per heavy atom. The molecule has 0 aromatic carbocycles. The van der Waals surface area contributed by atoms with Gasteiger partial charge in [0.15, 0.2) is 5.79 Å². The third-order valence-corrected chi connectivity index (χ3v) is 3.08. The van der Waals surface area contributed by atoms with E-state index in [1.54, 1.807) is 0 Å². The topological polar surface area (TPSA) is 18.5 Å². The van der Waals surface area contributed by atoms with Crippen molar-refractivity contribution in [1.29, 1.82) is 0 Å². The van der Waals surface area contributed by atoms with Gasteiger partial charge in [-0.15, -0.1) is 0 Å². The molecule has 2 fully saturated rings. The Morgan fingerprint density at radius 2 is 2.00 bits per heavy atom. The molecule has 1 saturated carbocycles. The molecular formula is C11H18O2. The summed E-state index contributed by atoms with van der Waals surface area (Å²) >= 11 is 0. The maximum atomic E-state index is 5.90. The molecular weight excluding hydrogens is 164 g/mol. The van der Waals surface area contributed by atoms with Gasteiger partial charge in [-0.2, -0.15) is 0 Å².